The van der Waals surface area contributed by atoms with Crippen LogP contribution in [0.3, 0.4) is 0 Å². The molecule has 0 bridgehead atoms. The SMILES string of the molecule is CCC1CN2CCc3cc(OC)c(OC)cc3C2CC1CC1c2cc(OC)c(OC)cc2CCN1C(=O)C1=CC(C(C)C)CC(OCCN(CCO)S(=O)(=O)c2ccc(OC)cc2)O1. The van der Waals surface area contributed by atoms with Crippen LogP contribution in [0, 0.1) is 23.7 Å². The summed E-state index contributed by atoms with van der Waals surface area (Å²) in [7, 11) is 4.22. The van der Waals surface area contributed by atoms with E-state index in [1.165, 1.54) is 34.7 Å². The highest BCUT2D eigenvalue weighted by Crippen LogP contribution is 2.50. The Morgan fingerprint density at radius 3 is 2.06 bits per heavy atom. The average Bonchev–Trinajstić information content (AvgIpc) is 3.32. The predicted octanol–water partition coefficient (Wildman–Crippen LogP) is 6.79. The molecule has 7 rings (SSSR count). The minimum absolute atomic E-state index is 0.00622. The highest BCUT2D eigenvalue weighted by atomic mass is 32.2. The minimum atomic E-state index is -3.95. The van der Waals surface area contributed by atoms with Gasteiger partial charge in [-0.25, -0.2) is 8.42 Å². The average molecular weight is 906 g/mol. The van der Waals surface area contributed by atoms with Gasteiger partial charge in [-0.1, -0.05) is 27.2 Å². The third-order valence-corrected chi connectivity index (χ3v) is 15.8. The lowest BCUT2D eigenvalue weighted by Crippen LogP contribution is -2.48. The first-order valence-corrected chi connectivity index (χ1v) is 24.1. The molecule has 1 fully saturated rings. The number of sulfonamides is 1. The Balaban J connectivity index is 1.15. The van der Waals surface area contributed by atoms with Crippen molar-refractivity contribution in [1.82, 2.24) is 14.1 Å². The number of hydrogen-bond acceptors (Lipinski definition) is 12. The molecule has 0 spiro atoms. The van der Waals surface area contributed by atoms with Crippen molar-refractivity contribution in [3.8, 4) is 28.7 Å². The van der Waals surface area contributed by atoms with Gasteiger partial charge in [0, 0.05) is 45.2 Å². The first kappa shape index (κ1) is 47.4. The Bertz CT molecular complexity index is 2230. The van der Waals surface area contributed by atoms with Gasteiger partial charge in [-0.15, -0.1) is 0 Å². The lowest BCUT2D eigenvalue weighted by molar-refractivity contribution is -0.158. The fourth-order valence-electron chi connectivity index (χ4n) is 10.3. The zero-order valence-electron chi connectivity index (χ0n) is 38.7. The highest BCUT2D eigenvalue weighted by Gasteiger charge is 2.43. The van der Waals surface area contributed by atoms with Gasteiger partial charge in [0.25, 0.3) is 5.91 Å². The van der Waals surface area contributed by atoms with E-state index in [0.717, 1.165) is 61.4 Å². The number of carbonyl (C=O) groups excluding carboxylic acids is 1. The molecule has 350 valence electrons. The van der Waals surface area contributed by atoms with Crippen LogP contribution in [0.25, 0.3) is 0 Å². The number of amides is 1. The number of aliphatic hydroxyl groups is 1. The molecule has 64 heavy (non-hydrogen) atoms. The zero-order valence-corrected chi connectivity index (χ0v) is 39.5. The van der Waals surface area contributed by atoms with Crippen molar-refractivity contribution >= 4 is 15.9 Å². The van der Waals surface area contributed by atoms with E-state index in [2.05, 4.69) is 49.9 Å². The summed E-state index contributed by atoms with van der Waals surface area (Å²) in [6.45, 7) is 8.45. The molecule has 0 aliphatic carbocycles. The monoisotopic (exact) mass is 905 g/mol. The first-order valence-electron chi connectivity index (χ1n) is 22.7. The van der Waals surface area contributed by atoms with Crippen molar-refractivity contribution in [3.05, 3.63) is 82.6 Å². The molecule has 14 nitrogen and oxygen atoms in total. The van der Waals surface area contributed by atoms with Crippen LogP contribution in [0.1, 0.15) is 80.8 Å². The van der Waals surface area contributed by atoms with Crippen LogP contribution in [-0.4, -0.2) is 121 Å². The molecule has 3 aromatic rings. The number of aliphatic hydroxyl groups excluding tert-OH is 1. The van der Waals surface area contributed by atoms with Crippen LogP contribution in [0.4, 0.5) is 0 Å². The maximum absolute atomic E-state index is 15.1. The molecule has 6 atom stereocenters. The number of rotatable bonds is 18. The molecule has 15 heteroatoms. The second kappa shape index (κ2) is 20.7. The van der Waals surface area contributed by atoms with Gasteiger partial charge in [-0.3, -0.25) is 9.69 Å². The number of nitrogens with zero attached hydrogens (tertiary/aromatic N) is 3. The van der Waals surface area contributed by atoms with Crippen molar-refractivity contribution in [2.75, 3.05) is 81.5 Å². The van der Waals surface area contributed by atoms with Crippen LogP contribution in [0.5, 0.6) is 28.7 Å². The van der Waals surface area contributed by atoms with Crippen molar-refractivity contribution in [2.45, 2.75) is 82.6 Å². The lowest BCUT2D eigenvalue weighted by atomic mass is 9.72. The summed E-state index contributed by atoms with van der Waals surface area (Å²) in [5, 5.41) is 9.82. The Kier molecular flexibility index (Phi) is 15.4. The molecule has 3 aromatic carbocycles. The normalized spacial score (nSPS) is 23.4. The number of piperidine rings is 1. The smallest absolute Gasteiger partial charge is 0.289 e. The largest absolute Gasteiger partial charge is 0.497 e. The number of allylic oxidation sites excluding steroid dienone is 1. The number of fused-ring (bicyclic) bond motifs is 4. The summed E-state index contributed by atoms with van der Waals surface area (Å²) in [6, 6.07) is 14.5. The highest BCUT2D eigenvalue weighted by molar-refractivity contribution is 7.89. The lowest BCUT2D eigenvalue weighted by Gasteiger charge is -2.49. The summed E-state index contributed by atoms with van der Waals surface area (Å²) < 4.78 is 69.5. The molecule has 6 unspecified atom stereocenters. The Morgan fingerprint density at radius 1 is 0.828 bits per heavy atom. The van der Waals surface area contributed by atoms with Crippen molar-refractivity contribution in [3.63, 3.8) is 0 Å². The Labute approximate surface area is 379 Å². The molecule has 4 aliphatic rings. The van der Waals surface area contributed by atoms with Gasteiger partial charge in [0.1, 0.15) is 5.75 Å². The van der Waals surface area contributed by atoms with E-state index < -0.39 is 16.3 Å². The molecule has 0 saturated carbocycles. The van der Waals surface area contributed by atoms with Gasteiger partial charge >= 0.3 is 0 Å². The second-order valence-corrected chi connectivity index (χ2v) is 19.6. The van der Waals surface area contributed by atoms with Crippen LogP contribution in [0.2, 0.25) is 0 Å². The molecular weight excluding hydrogens is 839 g/mol. The van der Waals surface area contributed by atoms with Gasteiger partial charge in [0.05, 0.1) is 59.7 Å². The van der Waals surface area contributed by atoms with E-state index >= 15 is 4.79 Å². The van der Waals surface area contributed by atoms with E-state index in [1.54, 1.807) is 40.6 Å². The number of carbonyl (C=O) groups is 1. The number of hydrogen-bond donors (Lipinski definition) is 1. The molecule has 4 heterocycles. The van der Waals surface area contributed by atoms with Gasteiger partial charge in [0.15, 0.2) is 28.8 Å². The molecule has 0 radical (unpaired) electrons. The Hall–Kier alpha value is -4.54. The van der Waals surface area contributed by atoms with Gasteiger partial charge in [-0.2, -0.15) is 4.31 Å². The topological polar surface area (TPSA) is 146 Å². The van der Waals surface area contributed by atoms with Crippen LogP contribution in [-0.2, 0) is 37.1 Å². The molecule has 1 amide bonds. The molecule has 0 aromatic heterocycles. The quantitative estimate of drug-likeness (QED) is 0.143. The number of ether oxygens (including phenoxy) is 7. The third-order valence-electron chi connectivity index (χ3n) is 13.9. The number of benzene rings is 3. The van der Waals surface area contributed by atoms with Crippen molar-refractivity contribution in [2.24, 2.45) is 23.7 Å². The van der Waals surface area contributed by atoms with Crippen LogP contribution < -0.4 is 23.7 Å². The van der Waals surface area contributed by atoms with Crippen LogP contribution in [0.15, 0.2) is 65.3 Å². The zero-order chi connectivity index (χ0) is 45.7. The maximum Gasteiger partial charge on any atom is 0.289 e. The van der Waals surface area contributed by atoms with Gasteiger partial charge in [0.2, 0.25) is 16.3 Å². The maximum atomic E-state index is 15.1. The molecule has 4 aliphatic heterocycles. The summed E-state index contributed by atoms with van der Waals surface area (Å²) in [5.41, 5.74) is 4.77. The third kappa shape index (κ3) is 9.84. The fourth-order valence-corrected chi connectivity index (χ4v) is 11.7. The van der Waals surface area contributed by atoms with Crippen molar-refractivity contribution in [1.29, 1.82) is 0 Å². The standard InChI is InChI=1S/C49H67N3O11S/c1-9-32-30-50-16-14-33-24-43(58-5)45(60-7)28-39(33)41(50)22-36(32)23-42-40-29-46(61-8)44(59-6)25-34(40)15-17-52(42)49(54)47-26-35(31(2)3)27-48(63-47)62-21-19-51(18-20-53)64(55,56)38-12-10-37(57-4)11-13-38/h10-13,24-26,28-29,31-32,35-36,41-42,48,53H,9,14-23,27,30H2,1-8H3. The van der Waals surface area contributed by atoms with Crippen molar-refractivity contribution < 1.29 is 51.5 Å². The fraction of sp³-hybridized carbons (Fsp3) is 0.571. The van der Waals surface area contributed by atoms with Crippen LogP contribution >= 0.6 is 0 Å². The van der Waals surface area contributed by atoms with Gasteiger partial charge < -0.3 is 43.2 Å². The van der Waals surface area contributed by atoms with E-state index in [-0.39, 0.29) is 66.8 Å². The summed E-state index contributed by atoms with van der Waals surface area (Å²) in [6.07, 6.45) is 5.97. The first-order chi connectivity index (χ1) is 30.9. The van der Waals surface area contributed by atoms with E-state index in [4.69, 9.17) is 33.2 Å². The summed E-state index contributed by atoms with van der Waals surface area (Å²) in [5.74, 6) is 4.22. The second-order valence-electron chi connectivity index (χ2n) is 17.6. The Morgan fingerprint density at radius 2 is 1.45 bits per heavy atom. The minimum Gasteiger partial charge on any atom is -0.497 e. The summed E-state index contributed by atoms with van der Waals surface area (Å²) in [4.78, 5) is 19.9. The molecule has 1 N–H and O–H groups in total. The predicted molar refractivity (Wildman–Crippen MR) is 242 cm³/mol. The van der Waals surface area contributed by atoms with E-state index in [0.29, 0.717) is 48.5 Å². The van der Waals surface area contributed by atoms with E-state index in [1.807, 2.05) is 11.0 Å². The van der Waals surface area contributed by atoms with Gasteiger partial charge in [-0.05, 0) is 126 Å². The molecule has 1 saturated heterocycles. The van der Waals surface area contributed by atoms with E-state index in [9.17, 15) is 13.5 Å². The number of methoxy groups -OCH3 is 5. The summed E-state index contributed by atoms with van der Waals surface area (Å²) >= 11 is 0. The molecular formula is C49H67N3O11S.